The second-order valence-electron chi connectivity index (χ2n) is 5.40. The Labute approximate surface area is 154 Å². The topological polar surface area (TPSA) is 119 Å². The van der Waals surface area contributed by atoms with Crippen molar-refractivity contribution in [2.75, 3.05) is 5.32 Å². The Hall–Kier alpha value is -3.44. The molecule has 0 radical (unpaired) electrons. The Bertz CT molecular complexity index is 948. The molecule has 0 unspecified atom stereocenters. The van der Waals surface area contributed by atoms with Crippen LogP contribution < -0.4 is 10.6 Å². The molecule has 8 nitrogen and oxygen atoms in total. The summed E-state index contributed by atoms with van der Waals surface area (Å²) in [5.74, 6) is 0.0529. The van der Waals surface area contributed by atoms with Crippen LogP contribution in [0.1, 0.15) is 17.3 Å². The van der Waals surface area contributed by atoms with Crippen molar-refractivity contribution >= 4 is 29.1 Å². The van der Waals surface area contributed by atoms with E-state index < -0.39 is 6.04 Å². The fourth-order valence-electron chi connectivity index (χ4n) is 2.17. The number of carbonyl (C=O) groups excluding carboxylic acids is 1. The van der Waals surface area contributed by atoms with Crippen LogP contribution in [-0.4, -0.2) is 32.1 Å². The second-order valence-corrected chi connectivity index (χ2v) is 5.81. The van der Waals surface area contributed by atoms with Crippen LogP contribution in [0.25, 0.3) is 11.3 Å². The third kappa shape index (κ3) is 3.96. The fourth-order valence-corrected chi connectivity index (χ4v) is 2.37. The van der Waals surface area contributed by atoms with Gasteiger partial charge in [0.15, 0.2) is 0 Å². The lowest BCUT2D eigenvalue weighted by molar-refractivity contribution is 0.0948. The van der Waals surface area contributed by atoms with Crippen molar-refractivity contribution in [3.63, 3.8) is 0 Å². The smallest absolute Gasteiger partial charge is 0.252 e. The number of nitriles is 1. The van der Waals surface area contributed by atoms with E-state index in [1.165, 1.54) is 6.20 Å². The van der Waals surface area contributed by atoms with E-state index >= 15 is 0 Å². The van der Waals surface area contributed by atoms with E-state index in [-0.39, 0.29) is 5.91 Å². The molecule has 1 amide bonds. The average Bonchev–Trinajstić information content (AvgIpc) is 3.16. The zero-order valence-corrected chi connectivity index (χ0v) is 14.4. The van der Waals surface area contributed by atoms with Gasteiger partial charge in [-0.2, -0.15) is 10.4 Å². The molecule has 2 aromatic heterocycles. The molecule has 9 heteroatoms. The van der Waals surface area contributed by atoms with E-state index in [2.05, 4.69) is 30.8 Å². The molecule has 130 valence electrons. The summed E-state index contributed by atoms with van der Waals surface area (Å²) in [6.45, 7) is 1.61. The number of nitrogens with zero attached hydrogens (tertiary/aromatic N) is 4. The number of rotatable bonds is 5. The highest BCUT2D eigenvalue weighted by molar-refractivity contribution is 6.32. The lowest BCUT2D eigenvalue weighted by Crippen LogP contribution is -2.31. The lowest BCUT2D eigenvalue weighted by atomic mass is 10.1. The summed E-state index contributed by atoms with van der Waals surface area (Å²) < 4.78 is 0. The highest BCUT2D eigenvalue weighted by Gasteiger charge is 2.12. The highest BCUT2D eigenvalue weighted by Crippen LogP contribution is 2.27. The van der Waals surface area contributed by atoms with Crippen molar-refractivity contribution in [1.29, 1.82) is 5.26 Å². The van der Waals surface area contributed by atoms with Crippen LogP contribution >= 0.6 is 11.6 Å². The number of H-pyrrole nitrogens is 1. The maximum absolute atomic E-state index is 12.0. The third-order valence-electron chi connectivity index (χ3n) is 3.46. The van der Waals surface area contributed by atoms with Gasteiger partial charge in [-0.15, -0.1) is 0 Å². The van der Waals surface area contributed by atoms with Crippen molar-refractivity contribution < 1.29 is 4.79 Å². The summed E-state index contributed by atoms with van der Waals surface area (Å²) in [6, 6.07) is 8.17. The number of hydrogen-bond acceptors (Lipinski definition) is 6. The van der Waals surface area contributed by atoms with Crippen LogP contribution in [-0.2, 0) is 0 Å². The zero-order valence-electron chi connectivity index (χ0n) is 13.7. The molecule has 0 spiro atoms. The lowest BCUT2D eigenvalue weighted by Gasteiger charge is -2.09. The van der Waals surface area contributed by atoms with E-state index in [0.717, 1.165) is 11.3 Å². The summed E-state index contributed by atoms with van der Waals surface area (Å²) >= 11 is 6.22. The normalized spacial score (nSPS) is 11.4. The predicted octanol–water partition coefficient (Wildman–Crippen LogP) is 2.91. The molecular formula is C17H14ClN7O. The highest BCUT2D eigenvalue weighted by atomic mass is 35.5. The maximum atomic E-state index is 12.0. The summed E-state index contributed by atoms with van der Waals surface area (Å²) in [6.07, 6.45) is 4.78. The van der Waals surface area contributed by atoms with E-state index in [0.29, 0.717) is 22.2 Å². The number of halogens is 1. The zero-order chi connectivity index (χ0) is 18.5. The molecule has 0 saturated heterocycles. The minimum atomic E-state index is -0.560. The molecule has 0 bridgehead atoms. The second kappa shape index (κ2) is 7.63. The Balaban J connectivity index is 1.82. The van der Waals surface area contributed by atoms with E-state index in [9.17, 15) is 4.79 Å². The monoisotopic (exact) mass is 367 g/mol. The van der Waals surface area contributed by atoms with Gasteiger partial charge in [-0.3, -0.25) is 9.89 Å². The molecule has 26 heavy (non-hydrogen) atoms. The predicted molar refractivity (Wildman–Crippen MR) is 96.9 cm³/mol. The Kier molecular flexibility index (Phi) is 5.10. The van der Waals surface area contributed by atoms with E-state index in [4.69, 9.17) is 16.9 Å². The van der Waals surface area contributed by atoms with Gasteiger partial charge in [-0.1, -0.05) is 23.7 Å². The summed E-state index contributed by atoms with van der Waals surface area (Å²) in [4.78, 5) is 20.6. The van der Waals surface area contributed by atoms with Gasteiger partial charge in [0.1, 0.15) is 6.04 Å². The number of carbonyl (C=O) groups is 1. The van der Waals surface area contributed by atoms with Crippen LogP contribution in [0, 0.1) is 11.3 Å². The minimum absolute atomic E-state index is 0.318. The molecule has 1 aromatic carbocycles. The number of aromatic amines is 1. The summed E-state index contributed by atoms with van der Waals surface area (Å²) in [5.41, 5.74) is 2.43. The van der Waals surface area contributed by atoms with Crippen LogP contribution in [0.5, 0.6) is 0 Å². The molecule has 2 heterocycles. The molecular weight excluding hydrogens is 354 g/mol. The van der Waals surface area contributed by atoms with E-state index in [1.807, 2.05) is 6.07 Å². The standard InChI is InChI=1S/C17H14ClN7O/c1-10(6-19)23-16(26)12-4-2-11(3-5-12)15-14(18)9-20-17(25-15)24-13-7-21-22-8-13/h2-5,7-10H,1H3,(H,21,22)(H,23,26)(H,20,24,25)/t10-/m0/s1. The Morgan fingerprint density at radius 2 is 2.08 bits per heavy atom. The van der Waals surface area contributed by atoms with Gasteiger partial charge in [0, 0.05) is 17.3 Å². The van der Waals surface area contributed by atoms with Crippen molar-refractivity contribution in [2.45, 2.75) is 13.0 Å². The van der Waals surface area contributed by atoms with Crippen molar-refractivity contribution in [1.82, 2.24) is 25.5 Å². The van der Waals surface area contributed by atoms with Crippen LogP contribution in [0.15, 0.2) is 42.9 Å². The SMILES string of the molecule is C[C@@H](C#N)NC(=O)c1ccc(-c2nc(Nc3cn[nH]c3)ncc2Cl)cc1. The van der Waals surface area contributed by atoms with Gasteiger partial charge in [-0.25, -0.2) is 9.97 Å². The number of aromatic nitrogens is 4. The first kappa shape index (κ1) is 17.4. The van der Waals surface area contributed by atoms with E-state index in [1.54, 1.807) is 43.6 Å². The Morgan fingerprint density at radius 1 is 1.31 bits per heavy atom. The van der Waals surface area contributed by atoms with Crippen molar-refractivity contribution in [3.8, 4) is 17.3 Å². The van der Waals surface area contributed by atoms with Crippen LogP contribution in [0.2, 0.25) is 5.02 Å². The van der Waals surface area contributed by atoms with Gasteiger partial charge in [-0.05, 0) is 19.1 Å². The van der Waals surface area contributed by atoms with Crippen LogP contribution in [0.3, 0.4) is 0 Å². The Morgan fingerprint density at radius 3 is 2.73 bits per heavy atom. The van der Waals surface area contributed by atoms with Gasteiger partial charge < -0.3 is 10.6 Å². The number of anilines is 2. The quantitative estimate of drug-likeness (QED) is 0.637. The first-order valence-electron chi connectivity index (χ1n) is 7.66. The largest absolute Gasteiger partial charge is 0.337 e. The fraction of sp³-hybridized carbons (Fsp3) is 0.118. The molecule has 0 fully saturated rings. The van der Waals surface area contributed by atoms with Crippen molar-refractivity contribution in [3.05, 3.63) is 53.4 Å². The van der Waals surface area contributed by atoms with Gasteiger partial charge >= 0.3 is 0 Å². The van der Waals surface area contributed by atoms with Crippen LogP contribution in [0.4, 0.5) is 11.6 Å². The van der Waals surface area contributed by atoms with Gasteiger partial charge in [0.05, 0.1) is 34.9 Å². The molecule has 0 aliphatic carbocycles. The molecule has 0 aliphatic rings. The first-order valence-corrected chi connectivity index (χ1v) is 8.04. The molecule has 1 atom stereocenters. The summed E-state index contributed by atoms with van der Waals surface area (Å²) in [7, 11) is 0. The molecule has 0 saturated carbocycles. The molecule has 3 aromatic rings. The van der Waals surface area contributed by atoms with Gasteiger partial charge in [0.25, 0.3) is 5.91 Å². The van der Waals surface area contributed by atoms with Crippen molar-refractivity contribution in [2.24, 2.45) is 0 Å². The minimum Gasteiger partial charge on any atom is -0.337 e. The maximum Gasteiger partial charge on any atom is 0.252 e. The van der Waals surface area contributed by atoms with Gasteiger partial charge in [0.2, 0.25) is 5.95 Å². The number of benzene rings is 1. The number of nitrogens with one attached hydrogen (secondary N) is 3. The third-order valence-corrected chi connectivity index (χ3v) is 3.74. The number of hydrogen-bond donors (Lipinski definition) is 3. The number of amides is 1. The summed E-state index contributed by atoms with van der Waals surface area (Å²) in [5, 5.41) is 21.3. The first-order chi connectivity index (χ1) is 12.6. The molecule has 3 N–H and O–H groups in total. The molecule has 0 aliphatic heterocycles. The molecule has 3 rings (SSSR count). The average molecular weight is 368 g/mol.